The third kappa shape index (κ3) is 3.18. The van der Waals surface area contributed by atoms with Crippen molar-refractivity contribution in [1.82, 2.24) is 14.7 Å². The molecule has 102 valence electrons. The number of thiocarbonyl (C=S) groups is 1. The van der Waals surface area contributed by atoms with E-state index in [-0.39, 0.29) is 11.9 Å². The lowest BCUT2D eigenvalue weighted by Crippen LogP contribution is -2.51. The highest BCUT2D eigenvalue weighted by atomic mass is 32.1. The Kier molecular flexibility index (Phi) is 4.53. The SMILES string of the molecule is CN1CCN(C(=O)CN2CCCC2C(N)=S)CC1. The number of amides is 1. The van der Waals surface area contributed by atoms with Gasteiger partial charge in [-0.05, 0) is 26.4 Å². The first-order valence-electron chi connectivity index (χ1n) is 6.57. The van der Waals surface area contributed by atoms with Crippen molar-refractivity contribution in [2.45, 2.75) is 18.9 Å². The number of piperazine rings is 1. The molecule has 0 radical (unpaired) electrons. The largest absolute Gasteiger partial charge is 0.392 e. The molecule has 1 atom stereocenters. The van der Waals surface area contributed by atoms with Gasteiger partial charge in [-0.1, -0.05) is 12.2 Å². The van der Waals surface area contributed by atoms with E-state index in [0.29, 0.717) is 11.5 Å². The number of likely N-dealkylation sites (tertiary alicyclic amines) is 1. The number of carbonyl (C=O) groups excluding carboxylic acids is 1. The lowest BCUT2D eigenvalue weighted by atomic mass is 10.2. The zero-order valence-corrected chi connectivity index (χ0v) is 11.8. The average molecular weight is 270 g/mol. The molecule has 2 fully saturated rings. The molecule has 2 aliphatic heterocycles. The first-order chi connectivity index (χ1) is 8.58. The first kappa shape index (κ1) is 13.7. The number of nitrogens with two attached hydrogens (primary N) is 1. The summed E-state index contributed by atoms with van der Waals surface area (Å²) in [6.07, 6.45) is 2.07. The van der Waals surface area contributed by atoms with Crippen LogP contribution in [0.1, 0.15) is 12.8 Å². The monoisotopic (exact) mass is 270 g/mol. The Balaban J connectivity index is 1.85. The molecule has 6 heteroatoms. The number of hydrogen-bond acceptors (Lipinski definition) is 4. The van der Waals surface area contributed by atoms with Crippen LogP contribution in [0.5, 0.6) is 0 Å². The predicted octanol–water partition coefficient (Wildman–Crippen LogP) is -0.489. The van der Waals surface area contributed by atoms with E-state index in [0.717, 1.165) is 45.6 Å². The minimum absolute atomic E-state index is 0.122. The van der Waals surface area contributed by atoms with Gasteiger partial charge in [-0.3, -0.25) is 9.69 Å². The van der Waals surface area contributed by atoms with Gasteiger partial charge in [-0.2, -0.15) is 0 Å². The molecule has 0 saturated carbocycles. The molecule has 2 rings (SSSR count). The van der Waals surface area contributed by atoms with Crippen molar-refractivity contribution in [3.63, 3.8) is 0 Å². The zero-order chi connectivity index (χ0) is 13.1. The Morgan fingerprint density at radius 2 is 1.94 bits per heavy atom. The van der Waals surface area contributed by atoms with Gasteiger partial charge in [0.2, 0.25) is 5.91 Å². The average Bonchev–Trinajstić information content (AvgIpc) is 2.78. The summed E-state index contributed by atoms with van der Waals surface area (Å²) in [7, 11) is 2.09. The quantitative estimate of drug-likeness (QED) is 0.702. The van der Waals surface area contributed by atoms with Crippen LogP contribution in [0, 0.1) is 0 Å². The number of nitrogens with zero attached hydrogens (tertiary/aromatic N) is 3. The number of hydrogen-bond donors (Lipinski definition) is 1. The van der Waals surface area contributed by atoms with Gasteiger partial charge in [-0.15, -0.1) is 0 Å². The molecule has 0 aromatic rings. The van der Waals surface area contributed by atoms with Crippen LogP contribution in [0.2, 0.25) is 0 Å². The molecule has 2 heterocycles. The summed E-state index contributed by atoms with van der Waals surface area (Å²) in [5, 5.41) is 0. The van der Waals surface area contributed by atoms with E-state index >= 15 is 0 Å². The van der Waals surface area contributed by atoms with Crippen LogP contribution < -0.4 is 5.73 Å². The fraction of sp³-hybridized carbons (Fsp3) is 0.833. The van der Waals surface area contributed by atoms with E-state index in [9.17, 15) is 4.79 Å². The van der Waals surface area contributed by atoms with Gasteiger partial charge in [-0.25, -0.2) is 0 Å². The summed E-state index contributed by atoms with van der Waals surface area (Å²) in [4.78, 5) is 19.1. The molecule has 0 aliphatic carbocycles. The Labute approximate surface area is 114 Å². The minimum Gasteiger partial charge on any atom is -0.392 e. The van der Waals surface area contributed by atoms with E-state index in [1.54, 1.807) is 0 Å². The Hall–Kier alpha value is -0.720. The number of carbonyl (C=O) groups is 1. The molecule has 0 aromatic heterocycles. The van der Waals surface area contributed by atoms with Gasteiger partial charge in [0, 0.05) is 26.2 Å². The van der Waals surface area contributed by atoms with Crippen LogP contribution in [0.3, 0.4) is 0 Å². The van der Waals surface area contributed by atoms with Crippen LogP contribution in [0.15, 0.2) is 0 Å². The van der Waals surface area contributed by atoms with E-state index in [1.807, 2.05) is 4.90 Å². The molecule has 2 saturated heterocycles. The fourth-order valence-corrected chi connectivity index (χ4v) is 2.93. The highest BCUT2D eigenvalue weighted by molar-refractivity contribution is 7.80. The molecule has 0 aromatic carbocycles. The van der Waals surface area contributed by atoms with Crippen molar-refractivity contribution < 1.29 is 4.79 Å². The van der Waals surface area contributed by atoms with Gasteiger partial charge < -0.3 is 15.5 Å². The molecule has 2 N–H and O–H groups in total. The molecular formula is C12H22N4OS. The van der Waals surface area contributed by atoms with Crippen molar-refractivity contribution in [3.8, 4) is 0 Å². The fourth-order valence-electron chi connectivity index (χ4n) is 2.67. The topological polar surface area (TPSA) is 52.8 Å². The van der Waals surface area contributed by atoms with Crippen LogP contribution >= 0.6 is 12.2 Å². The lowest BCUT2D eigenvalue weighted by molar-refractivity contribution is -0.133. The standard InChI is InChI=1S/C12H22N4OS/c1-14-5-7-15(8-6-14)11(17)9-16-4-2-3-10(16)12(13)18/h10H,2-9H2,1H3,(H2,13,18). The maximum Gasteiger partial charge on any atom is 0.236 e. The van der Waals surface area contributed by atoms with E-state index in [2.05, 4.69) is 16.8 Å². The normalized spacial score (nSPS) is 26.5. The molecule has 18 heavy (non-hydrogen) atoms. The van der Waals surface area contributed by atoms with Gasteiger partial charge in [0.25, 0.3) is 0 Å². The Bertz CT molecular complexity index is 328. The maximum atomic E-state index is 12.2. The summed E-state index contributed by atoms with van der Waals surface area (Å²) in [6, 6.07) is 0.122. The Morgan fingerprint density at radius 1 is 1.28 bits per heavy atom. The molecule has 0 bridgehead atoms. The van der Waals surface area contributed by atoms with E-state index in [4.69, 9.17) is 18.0 Å². The highest BCUT2D eigenvalue weighted by Crippen LogP contribution is 2.17. The summed E-state index contributed by atoms with van der Waals surface area (Å²) in [5.41, 5.74) is 5.72. The summed E-state index contributed by atoms with van der Waals surface area (Å²) >= 11 is 5.06. The van der Waals surface area contributed by atoms with Crippen LogP contribution in [0.25, 0.3) is 0 Å². The van der Waals surface area contributed by atoms with E-state index in [1.165, 1.54) is 0 Å². The van der Waals surface area contributed by atoms with Crippen molar-refractivity contribution in [1.29, 1.82) is 0 Å². The number of likely N-dealkylation sites (N-methyl/N-ethyl adjacent to an activating group) is 1. The van der Waals surface area contributed by atoms with Crippen molar-refractivity contribution >= 4 is 23.1 Å². The molecular weight excluding hydrogens is 248 g/mol. The molecule has 1 amide bonds. The minimum atomic E-state index is 0.122. The Morgan fingerprint density at radius 3 is 2.56 bits per heavy atom. The van der Waals surface area contributed by atoms with Crippen LogP contribution in [0.4, 0.5) is 0 Å². The highest BCUT2D eigenvalue weighted by Gasteiger charge is 2.30. The summed E-state index contributed by atoms with van der Waals surface area (Å²) < 4.78 is 0. The second-order valence-electron chi connectivity index (χ2n) is 5.21. The molecule has 5 nitrogen and oxygen atoms in total. The summed E-state index contributed by atoms with van der Waals surface area (Å²) in [6.45, 7) is 4.99. The lowest BCUT2D eigenvalue weighted by Gasteiger charge is -2.34. The van der Waals surface area contributed by atoms with Crippen LogP contribution in [-0.4, -0.2) is 78.0 Å². The third-order valence-corrected chi connectivity index (χ3v) is 4.16. The van der Waals surface area contributed by atoms with Crippen molar-refractivity contribution in [3.05, 3.63) is 0 Å². The van der Waals surface area contributed by atoms with Gasteiger partial charge >= 0.3 is 0 Å². The molecule has 0 spiro atoms. The van der Waals surface area contributed by atoms with Gasteiger partial charge in [0.1, 0.15) is 0 Å². The second kappa shape index (κ2) is 5.95. The second-order valence-corrected chi connectivity index (χ2v) is 5.69. The maximum absolute atomic E-state index is 12.2. The number of rotatable bonds is 3. The zero-order valence-electron chi connectivity index (χ0n) is 11.0. The smallest absolute Gasteiger partial charge is 0.236 e. The van der Waals surface area contributed by atoms with Crippen molar-refractivity contribution in [2.24, 2.45) is 5.73 Å². The van der Waals surface area contributed by atoms with Crippen molar-refractivity contribution in [2.75, 3.05) is 46.3 Å². The van der Waals surface area contributed by atoms with Gasteiger partial charge in [0.15, 0.2) is 0 Å². The summed E-state index contributed by atoms with van der Waals surface area (Å²) in [5.74, 6) is 0.214. The van der Waals surface area contributed by atoms with Gasteiger partial charge in [0.05, 0.1) is 17.6 Å². The molecule has 2 aliphatic rings. The first-order valence-corrected chi connectivity index (χ1v) is 6.98. The van der Waals surface area contributed by atoms with Crippen LogP contribution in [-0.2, 0) is 4.79 Å². The predicted molar refractivity (Wildman–Crippen MR) is 75.5 cm³/mol. The third-order valence-electron chi connectivity index (χ3n) is 3.89. The van der Waals surface area contributed by atoms with E-state index < -0.39 is 0 Å². The molecule has 1 unspecified atom stereocenters.